The maximum absolute atomic E-state index is 11.3. The van der Waals surface area contributed by atoms with Crippen molar-refractivity contribution in [3.63, 3.8) is 0 Å². The Morgan fingerprint density at radius 2 is 2.16 bits per heavy atom. The van der Waals surface area contributed by atoms with Crippen molar-refractivity contribution in [2.24, 2.45) is 0 Å². The summed E-state index contributed by atoms with van der Waals surface area (Å²) in [7, 11) is 1.23. The fraction of sp³-hybridized carbons (Fsp3) is 0.417. The van der Waals surface area contributed by atoms with E-state index in [0.717, 1.165) is 11.8 Å². The number of aromatic nitrogens is 1. The van der Waals surface area contributed by atoms with Crippen LogP contribution >= 0.6 is 11.8 Å². The highest BCUT2D eigenvalue weighted by Gasteiger charge is 2.20. The van der Waals surface area contributed by atoms with Gasteiger partial charge in [0.15, 0.2) is 5.12 Å². The monoisotopic (exact) mass is 285 g/mol. The molecule has 2 N–H and O–H groups in total. The second kappa shape index (κ2) is 7.22. The van der Waals surface area contributed by atoms with Crippen LogP contribution in [0.15, 0.2) is 18.3 Å². The maximum Gasteiger partial charge on any atom is 0.356 e. The molecule has 0 bridgehead atoms. The topological polar surface area (TPSA) is 96.7 Å². The summed E-state index contributed by atoms with van der Waals surface area (Å²) in [4.78, 5) is 25.9. The van der Waals surface area contributed by atoms with E-state index in [0.29, 0.717) is 5.56 Å². The van der Waals surface area contributed by atoms with E-state index in [4.69, 9.17) is 0 Å². The first-order valence-corrected chi connectivity index (χ1v) is 6.48. The van der Waals surface area contributed by atoms with Crippen molar-refractivity contribution in [3.8, 4) is 0 Å². The third-order valence-electron chi connectivity index (χ3n) is 2.34. The van der Waals surface area contributed by atoms with Crippen LogP contribution in [0.3, 0.4) is 0 Å². The Hall–Kier alpha value is -1.44. The summed E-state index contributed by atoms with van der Waals surface area (Å²) < 4.78 is 4.52. The van der Waals surface area contributed by atoms with Crippen LogP contribution in [0.2, 0.25) is 0 Å². The Bertz CT molecular complexity index is 465. The van der Waals surface area contributed by atoms with Crippen molar-refractivity contribution in [1.82, 2.24) is 4.98 Å². The number of hydrogen-bond donors (Lipinski definition) is 2. The van der Waals surface area contributed by atoms with Crippen LogP contribution in [0.4, 0.5) is 0 Å². The number of rotatable bonds is 5. The summed E-state index contributed by atoms with van der Waals surface area (Å²) >= 11 is 0.921. The Morgan fingerprint density at radius 3 is 2.74 bits per heavy atom. The van der Waals surface area contributed by atoms with E-state index in [1.54, 1.807) is 0 Å². The zero-order valence-corrected chi connectivity index (χ0v) is 11.4. The van der Waals surface area contributed by atoms with Gasteiger partial charge in [-0.3, -0.25) is 4.79 Å². The van der Waals surface area contributed by atoms with Crippen molar-refractivity contribution in [3.05, 3.63) is 29.6 Å². The molecule has 2 unspecified atom stereocenters. The minimum absolute atomic E-state index is 0.0467. The van der Waals surface area contributed by atoms with Crippen molar-refractivity contribution < 1.29 is 24.5 Å². The van der Waals surface area contributed by atoms with E-state index in [-0.39, 0.29) is 16.6 Å². The zero-order chi connectivity index (χ0) is 14.4. The summed E-state index contributed by atoms with van der Waals surface area (Å²) in [5, 5.41) is 19.5. The van der Waals surface area contributed by atoms with Gasteiger partial charge in [-0.05, 0) is 17.7 Å². The van der Waals surface area contributed by atoms with Crippen molar-refractivity contribution in [1.29, 1.82) is 0 Å². The molecule has 1 heterocycles. The van der Waals surface area contributed by atoms with Gasteiger partial charge in [0, 0.05) is 18.9 Å². The zero-order valence-electron chi connectivity index (χ0n) is 10.6. The highest BCUT2D eigenvalue weighted by Crippen LogP contribution is 2.20. The van der Waals surface area contributed by atoms with E-state index < -0.39 is 18.2 Å². The lowest BCUT2D eigenvalue weighted by Crippen LogP contribution is -2.22. The van der Waals surface area contributed by atoms with E-state index in [1.165, 1.54) is 32.4 Å². The number of pyridine rings is 1. The highest BCUT2D eigenvalue weighted by atomic mass is 32.2. The number of carbonyl (C=O) groups is 2. The van der Waals surface area contributed by atoms with Crippen molar-refractivity contribution in [2.45, 2.75) is 19.1 Å². The molecule has 0 spiro atoms. The molecule has 0 saturated heterocycles. The van der Waals surface area contributed by atoms with E-state index in [2.05, 4.69) is 9.72 Å². The minimum atomic E-state index is -1.20. The molecule has 0 fully saturated rings. The van der Waals surface area contributed by atoms with Gasteiger partial charge in [0.05, 0.1) is 13.2 Å². The summed E-state index contributed by atoms with van der Waals surface area (Å²) in [6.45, 7) is 1.38. The van der Waals surface area contributed by atoms with Crippen LogP contribution in [-0.2, 0) is 9.53 Å². The van der Waals surface area contributed by atoms with Gasteiger partial charge in [0.2, 0.25) is 0 Å². The number of carbonyl (C=O) groups excluding carboxylic acids is 2. The van der Waals surface area contributed by atoms with Crippen LogP contribution in [0, 0.1) is 0 Å². The molecule has 0 aliphatic carbocycles. The van der Waals surface area contributed by atoms with Gasteiger partial charge in [-0.2, -0.15) is 0 Å². The molecule has 0 aliphatic heterocycles. The van der Waals surface area contributed by atoms with Crippen LogP contribution in [0.5, 0.6) is 0 Å². The molecule has 7 heteroatoms. The molecule has 19 heavy (non-hydrogen) atoms. The summed E-state index contributed by atoms with van der Waals surface area (Å²) in [5.74, 6) is -0.548. The molecule has 0 aliphatic rings. The standard InChI is InChI=1S/C12H15NO5S/c1-7(14)19-6-10(15)11(16)8-3-4-13-9(5-8)12(17)18-2/h3-5,10-11,15-16H,6H2,1-2H3. The second-order valence-electron chi connectivity index (χ2n) is 3.78. The number of hydrogen-bond acceptors (Lipinski definition) is 7. The predicted molar refractivity (Wildman–Crippen MR) is 69.7 cm³/mol. The number of nitrogens with zero attached hydrogens (tertiary/aromatic N) is 1. The van der Waals surface area contributed by atoms with E-state index >= 15 is 0 Å². The molecule has 0 amide bonds. The molecule has 2 atom stereocenters. The summed E-state index contributed by atoms with van der Waals surface area (Å²) in [6, 6.07) is 2.83. The number of methoxy groups -OCH3 is 1. The van der Waals surface area contributed by atoms with Gasteiger partial charge in [-0.25, -0.2) is 9.78 Å². The number of thioether (sulfide) groups is 1. The predicted octanol–water partition coefficient (Wildman–Crippen LogP) is 0.542. The lowest BCUT2D eigenvalue weighted by atomic mass is 10.1. The maximum atomic E-state index is 11.3. The molecule has 1 rings (SSSR count). The first-order chi connectivity index (χ1) is 8.95. The Labute approximate surface area is 114 Å². The van der Waals surface area contributed by atoms with E-state index in [1.807, 2.05) is 0 Å². The molecule has 0 aromatic carbocycles. The Kier molecular flexibility index (Phi) is 5.94. The van der Waals surface area contributed by atoms with E-state index in [9.17, 15) is 19.8 Å². The second-order valence-corrected chi connectivity index (χ2v) is 4.98. The van der Waals surface area contributed by atoms with Gasteiger partial charge in [0.1, 0.15) is 11.8 Å². The Balaban J connectivity index is 2.78. The highest BCUT2D eigenvalue weighted by molar-refractivity contribution is 8.13. The average molecular weight is 285 g/mol. The quantitative estimate of drug-likeness (QED) is 0.762. The molecular formula is C12H15NO5S. The van der Waals surface area contributed by atoms with Crippen LogP contribution < -0.4 is 0 Å². The molecule has 1 aromatic heterocycles. The third kappa shape index (κ3) is 4.62. The Morgan fingerprint density at radius 1 is 1.47 bits per heavy atom. The fourth-order valence-corrected chi connectivity index (χ4v) is 1.95. The van der Waals surface area contributed by atoms with Gasteiger partial charge in [-0.15, -0.1) is 0 Å². The lowest BCUT2D eigenvalue weighted by molar-refractivity contribution is -0.109. The average Bonchev–Trinajstić information content (AvgIpc) is 2.43. The summed E-state index contributed by atoms with van der Waals surface area (Å²) in [5.41, 5.74) is 0.387. The van der Waals surface area contributed by atoms with Crippen molar-refractivity contribution >= 4 is 22.8 Å². The third-order valence-corrected chi connectivity index (χ3v) is 3.26. The van der Waals surface area contributed by atoms with Crippen LogP contribution in [0.25, 0.3) is 0 Å². The largest absolute Gasteiger partial charge is 0.464 e. The van der Waals surface area contributed by atoms with Gasteiger partial charge in [-0.1, -0.05) is 11.8 Å². The lowest BCUT2D eigenvalue weighted by Gasteiger charge is -2.17. The first kappa shape index (κ1) is 15.6. The smallest absolute Gasteiger partial charge is 0.356 e. The van der Waals surface area contributed by atoms with Crippen LogP contribution in [0.1, 0.15) is 29.1 Å². The number of ether oxygens (including phenoxy) is 1. The molecule has 0 radical (unpaired) electrons. The van der Waals surface area contributed by atoms with Crippen LogP contribution in [-0.4, -0.2) is 45.2 Å². The van der Waals surface area contributed by atoms with Gasteiger partial charge in [0.25, 0.3) is 0 Å². The number of aliphatic hydroxyl groups is 2. The van der Waals surface area contributed by atoms with Crippen molar-refractivity contribution in [2.75, 3.05) is 12.9 Å². The number of aliphatic hydroxyl groups excluding tert-OH is 2. The fourth-order valence-electron chi connectivity index (χ4n) is 1.36. The molecule has 0 saturated carbocycles. The molecule has 104 valence electrons. The normalized spacial score (nSPS) is 13.7. The SMILES string of the molecule is COC(=O)c1cc(C(O)C(O)CSC(C)=O)ccn1. The molecular weight excluding hydrogens is 270 g/mol. The minimum Gasteiger partial charge on any atom is -0.464 e. The van der Waals surface area contributed by atoms with Gasteiger partial charge >= 0.3 is 5.97 Å². The molecule has 1 aromatic rings. The van der Waals surface area contributed by atoms with Gasteiger partial charge < -0.3 is 14.9 Å². The first-order valence-electron chi connectivity index (χ1n) is 5.49. The number of esters is 1. The molecule has 6 nitrogen and oxygen atoms in total. The summed E-state index contributed by atoms with van der Waals surface area (Å²) in [6.07, 6.45) is -0.963.